The third-order valence-electron chi connectivity index (χ3n) is 10.3. The van der Waals surface area contributed by atoms with Crippen molar-refractivity contribution in [1.29, 1.82) is 0 Å². The molecule has 5 aliphatic heterocycles. The van der Waals surface area contributed by atoms with Crippen LogP contribution in [-0.4, -0.2) is 59.2 Å². The molecule has 0 radical (unpaired) electrons. The van der Waals surface area contributed by atoms with Crippen LogP contribution in [0.3, 0.4) is 0 Å². The number of nitrogens with two attached hydrogens (primary N) is 1. The first-order valence-electron chi connectivity index (χ1n) is 16.2. The molecule has 0 spiro atoms. The zero-order valence-electron chi connectivity index (χ0n) is 26.7. The van der Waals surface area contributed by atoms with E-state index < -0.39 is 32.6 Å². The lowest BCUT2D eigenvalue weighted by atomic mass is 9.86. The summed E-state index contributed by atoms with van der Waals surface area (Å²) in [5.41, 5.74) is 9.90. The zero-order valence-corrected chi connectivity index (χ0v) is 27.5. The second kappa shape index (κ2) is 13.0. The van der Waals surface area contributed by atoms with Gasteiger partial charge in [-0.15, -0.1) is 0 Å². The maximum atomic E-state index is 15.8. The summed E-state index contributed by atoms with van der Waals surface area (Å²) >= 11 is 0. The molecule has 1 aromatic carbocycles. The summed E-state index contributed by atoms with van der Waals surface area (Å²) in [5.74, 6) is 8.33. The van der Waals surface area contributed by atoms with Gasteiger partial charge in [-0.05, 0) is 92.9 Å². The van der Waals surface area contributed by atoms with Gasteiger partial charge >= 0.3 is 0 Å². The summed E-state index contributed by atoms with van der Waals surface area (Å²) in [6.07, 6.45) is 7.29. The van der Waals surface area contributed by atoms with E-state index in [1.807, 2.05) is 0 Å². The predicted molar refractivity (Wildman–Crippen MR) is 183 cm³/mol. The van der Waals surface area contributed by atoms with Crippen molar-refractivity contribution in [1.82, 2.24) is 15.1 Å². The van der Waals surface area contributed by atoms with Crippen molar-refractivity contribution < 1.29 is 13.2 Å². The Morgan fingerprint density at radius 1 is 1.00 bits per heavy atom. The van der Waals surface area contributed by atoms with Crippen LogP contribution < -0.4 is 11.1 Å². The van der Waals surface area contributed by atoms with Gasteiger partial charge in [-0.3, -0.25) is 0 Å². The number of fused-ring (bicyclic) bond motifs is 9. The van der Waals surface area contributed by atoms with Gasteiger partial charge in [-0.1, -0.05) is 50.0 Å². The van der Waals surface area contributed by atoms with Gasteiger partial charge in [0.2, 0.25) is 0 Å². The largest absolute Gasteiger partial charge is 0.385 e. The molecule has 6 bridgehead atoms. The first-order valence-corrected chi connectivity index (χ1v) is 18.5. The molecule has 2 atom stereocenters. The Balaban J connectivity index is 1.46. The van der Waals surface area contributed by atoms with Gasteiger partial charge in [0.15, 0.2) is 0 Å². The number of allylic oxidation sites excluding steroid dienone is 2. The Bertz CT molecular complexity index is 1420. The highest BCUT2D eigenvalue weighted by atomic mass is 32.2. The van der Waals surface area contributed by atoms with Gasteiger partial charge in [-0.25, -0.2) is 22.4 Å². The average Bonchev–Trinajstić information content (AvgIpc) is 2.93. The van der Waals surface area contributed by atoms with Crippen LogP contribution in [0.25, 0.3) is 0 Å². The summed E-state index contributed by atoms with van der Waals surface area (Å²) < 4.78 is 46.5. The third kappa shape index (κ3) is 7.12. The minimum absolute atomic E-state index is 0.191. The van der Waals surface area contributed by atoms with E-state index >= 15 is 13.2 Å². The van der Waals surface area contributed by atoms with E-state index in [1.165, 1.54) is 12.1 Å². The van der Waals surface area contributed by atoms with Crippen LogP contribution in [0.2, 0.25) is 0 Å². The molecule has 1 unspecified atom stereocenters. The Labute approximate surface area is 263 Å². The van der Waals surface area contributed by atoms with E-state index in [2.05, 4.69) is 53.0 Å². The van der Waals surface area contributed by atoms with E-state index in [1.54, 1.807) is 13.0 Å². The Hall–Kier alpha value is -2.58. The van der Waals surface area contributed by atoms with Gasteiger partial charge in [-0.2, -0.15) is 0 Å². The normalized spacial score (nSPS) is 30.5. The third-order valence-corrected chi connectivity index (χ3v) is 12.5. The molecule has 5 aliphatic rings. The Kier molecular flexibility index (Phi) is 9.72. The first kappa shape index (κ1) is 32.8. The van der Waals surface area contributed by atoms with Crippen molar-refractivity contribution in [2.45, 2.75) is 70.8 Å². The topological polar surface area (TPSA) is 44.5 Å². The molecule has 2 fully saturated rings. The van der Waals surface area contributed by atoms with Crippen molar-refractivity contribution >= 4 is 20.9 Å². The monoisotopic (exact) mass is 628 g/mol. The summed E-state index contributed by atoms with van der Waals surface area (Å²) in [5, 5.41) is 3.31. The molecule has 3 N–H and O–H groups in total. The lowest BCUT2D eigenvalue weighted by Crippen LogP contribution is -2.47. The number of rotatable bonds is 1. The second-order valence-corrected chi connectivity index (χ2v) is 17.1. The van der Waals surface area contributed by atoms with Crippen LogP contribution in [0.4, 0.5) is 13.2 Å². The molecular formula is C36H51F3N4S. The Morgan fingerprint density at radius 2 is 1.70 bits per heavy atom. The van der Waals surface area contributed by atoms with Crippen LogP contribution in [0.1, 0.15) is 76.0 Å². The van der Waals surface area contributed by atoms with Gasteiger partial charge in [0, 0.05) is 48.6 Å². The molecule has 0 amide bonds. The first-order chi connectivity index (χ1) is 20.8. The SMILES string of the molecule is C=C1N[C@H](C)c2cccc(c2F)C(F)(F)CCC2CN(CCCC(C)CCN3C(=C)C(C4CCS(=C)(=C)CC4)=CC1=C3N)C2. The molecule has 5 heterocycles. The lowest BCUT2D eigenvalue weighted by molar-refractivity contribution is -0.0321. The van der Waals surface area contributed by atoms with E-state index in [0.29, 0.717) is 29.8 Å². The molecule has 242 valence electrons. The molecule has 0 aliphatic carbocycles. The fraction of sp³-hybridized carbons (Fsp3) is 0.556. The smallest absolute Gasteiger partial charge is 0.276 e. The van der Waals surface area contributed by atoms with E-state index in [0.717, 1.165) is 86.6 Å². The number of alkyl halides is 2. The summed E-state index contributed by atoms with van der Waals surface area (Å²) in [6, 6.07) is 3.73. The lowest BCUT2D eigenvalue weighted by Gasteiger charge is -2.40. The average molecular weight is 629 g/mol. The highest BCUT2D eigenvalue weighted by Crippen LogP contribution is 2.43. The van der Waals surface area contributed by atoms with Gasteiger partial charge in [0.05, 0.1) is 11.6 Å². The summed E-state index contributed by atoms with van der Waals surface area (Å²) in [7, 11) is -1.05. The van der Waals surface area contributed by atoms with Crippen molar-refractivity contribution in [3.8, 4) is 0 Å². The molecule has 0 saturated carbocycles. The second-order valence-electron chi connectivity index (χ2n) is 13.9. The van der Waals surface area contributed by atoms with Crippen molar-refractivity contribution in [3.63, 3.8) is 0 Å². The van der Waals surface area contributed by atoms with Crippen LogP contribution >= 0.6 is 9.21 Å². The van der Waals surface area contributed by atoms with E-state index in [9.17, 15) is 0 Å². The van der Waals surface area contributed by atoms with Gasteiger partial charge in [0.25, 0.3) is 5.92 Å². The number of nitrogens with zero attached hydrogens (tertiary/aromatic N) is 2. The van der Waals surface area contributed by atoms with Crippen LogP contribution in [0, 0.1) is 23.6 Å². The molecule has 44 heavy (non-hydrogen) atoms. The standard InChI is InChI=1S/C36H51F3N4S/c1-24-9-8-17-42-22-28(23-42)12-16-36(38,39)33-11-7-10-30(34(33)37)25(2)41-26(3)31-21-32(27(4)43(18-13-24)35(31)40)29-14-19-44(5,6)20-15-29/h7,10-11,21,24-25,28-29,41H,3-6,8-9,12-20,22-23,40H2,1-2H3/t24?,25-/m1/s1. The van der Waals surface area contributed by atoms with Crippen molar-refractivity contribution in [2.75, 3.05) is 37.7 Å². The maximum absolute atomic E-state index is 15.8. The zero-order chi connectivity index (χ0) is 31.8. The van der Waals surface area contributed by atoms with Crippen molar-refractivity contribution in [2.24, 2.45) is 23.5 Å². The predicted octanol–water partition coefficient (Wildman–Crippen LogP) is 7.62. The number of hydrogen-bond donors (Lipinski definition) is 2. The van der Waals surface area contributed by atoms with E-state index in [-0.39, 0.29) is 17.9 Å². The number of halogens is 3. The summed E-state index contributed by atoms with van der Waals surface area (Å²) in [6.45, 7) is 16.3. The molecule has 4 nitrogen and oxygen atoms in total. The minimum atomic E-state index is -3.23. The number of benzene rings is 1. The van der Waals surface area contributed by atoms with Crippen LogP contribution in [0.5, 0.6) is 0 Å². The molecule has 0 aromatic heterocycles. The molecule has 8 heteroatoms. The maximum Gasteiger partial charge on any atom is 0.276 e. The van der Waals surface area contributed by atoms with E-state index in [4.69, 9.17) is 5.73 Å². The minimum Gasteiger partial charge on any atom is -0.385 e. The van der Waals surface area contributed by atoms with Gasteiger partial charge in [0.1, 0.15) is 11.6 Å². The van der Waals surface area contributed by atoms with Crippen LogP contribution in [0.15, 0.2) is 65.8 Å². The molecule has 2 saturated heterocycles. The highest BCUT2D eigenvalue weighted by molar-refractivity contribution is 8.27. The Morgan fingerprint density at radius 3 is 2.41 bits per heavy atom. The fourth-order valence-electron chi connectivity index (χ4n) is 7.25. The van der Waals surface area contributed by atoms with Crippen molar-refractivity contribution in [3.05, 3.63) is 82.7 Å². The molecular weight excluding hydrogens is 577 g/mol. The highest BCUT2D eigenvalue weighted by Gasteiger charge is 2.38. The van der Waals surface area contributed by atoms with Gasteiger partial charge < -0.3 is 20.9 Å². The number of nitrogens with one attached hydrogen (secondary N) is 1. The molecule has 1 aromatic rings. The molecule has 6 rings (SSSR count). The quantitative estimate of drug-likeness (QED) is 0.314. The fourth-order valence-corrected chi connectivity index (χ4v) is 9.03. The van der Waals surface area contributed by atoms with Crippen LogP contribution in [-0.2, 0) is 5.92 Å². The number of hydrogen-bond acceptors (Lipinski definition) is 4. The summed E-state index contributed by atoms with van der Waals surface area (Å²) in [4.78, 5) is 4.49.